The van der Waals surface area contributed by atoms with E-state index in [9.17, 15) is 14.7 Å². The van der Waals surface area contributed by atoms with Crippen LogP contribution in [0.4, 0.5) is 5.69 Å². The van der Waals surface area contributed by atoms with Gasteiger partial charge >= 0.3 is 0 Å². The molecule has 1 amide bonds. The minimum atomic E-state index is -0.947. The number of nitrogens with zero attached hydrogens (tertiary/aromatic N) is 1. The predicted molar refractivity (Wildman–Crippen MR) is 128 cm³/mol. The van der Waals surface area contributed by atoms with E-state index in [1.165, 1.54) is 12.0 Å². The Labute approximate surface area is 198 Å². The van der Waals surface area contributed by atoms with E-state index >= 15 is 0 Å². The molecule has 1 fully saturated rings. The summed E-state index contributed by atoms with van der Waals surface area (Å²) >= 11 is 0. The van der Waals surface area contributed by atoms with E-state index in [2.05, 4.69) is 0 Å². The fourth-order valence-electron chi connectivity index (χ4n) is 4.38. The molecule has 0 bridgehead atoms. The number of aliphatic hydroxyl groups excluding tert-OH is 1. The van der Waals surface area contributed by atoms with Crippen LogP contribution in [0.15, 0.2) is 58.5 Å². The Morgan fingerprint density at radius 2 is 1.76 bits per heavy atom. The molecule has 1 saturated heterocycles. The second-order valence-electron chi connectivity index (χ2n) is 8.21. The van der Waals surface area contributed by atoms with Crippen LogP contribution in [0.25, 0.3) is 5.76 Å². The van der Waals surface area contributed by atoms with Crippen molar-refractivity contribution < 1.29 is 28.6 Å². The maximum Gasteiger partial charge on any atom is 0.300 e. The lowest BCUT2D eigenvalue weighted by Gasteiger charge is -2.24. The second kappa shape index (κ2) is 9.09. The summed E-state index contributed by atoms with van der Waals surface area (Å²) in [6, 6.07) is 13.0. The molecule has 0 aliphatic carbocycles. The summed E-state index contributed by atoms with van der Waals surface area (Å²) in [4.78, 5) is 27.9. The van der Waals surface area contributed by atoms with Crippen molar-refractivity contribution in [2.24, 2.45) is 0 Å². The van der Waals surface area contributed by atoms with Crippen LogP contribution in [-0.2, 0) is 9.59 Å². The molecule has 176 valence electrons. The summed E-state index contributed by atoms with van der Waals surface area (Å²) in [6.07, 6.45) is 0. The summed E-state index contributed by atoms with van der Waals surface area (Å²) in [5.41, 5.74) is 2.45. The van der Waals surface area contributed by atoms with Crippen LogP contribution < -0.4 is 14.4 Å². The molecular weight excluding hydrogens is 434 g/mol. The van der Waals surface area contributed by atoms with Crippen LogP contribution in [0.3, 0.4) is 0 Å². The molecule has 0 saturated carbocycles. The molecule has 0 spiro atoms. The van der Waals surface area contributed by atoms with E-state index < -0.39 is 17.7 Å². The number of benzene rings is 2. The Balaban J connectivity index is 1.94. The van der Waals surface area contributed by atoms with Gasteiger partial charge in [0.2, 0.25) is 0 Å². The van der Waals surface area contributed by atoms with Crippen LogP contribution in [0.5, 0.6) is 11.5 Å². The molecule has 1 aliphatic rings. The number of aliphatic hydroxyl groups is 1. The number of Topliss-reactive ketones (excluding diaryl/α,β-unsaturated/α-hetero) is 1. The van der Waals surface area contributed by atoms with Crippen molar-refractivity contribution in [2.45, 2.75) is 33.7 Å². The summed E-state index contributed by atoms with van der Waals surface area (Å²) in [5, 5.41) is 11.4. The molecular formula is C27H27NO6. The Hall–Kier alpha value is -4.00. The molecule has 2 heterocycles. The fourth-order valence-corrected chi connectivity index (χ4v) is 4.38. The first kappa shape index (κ1) is 23.2. The number of furan rings is 1. The van der Waals surface area contributed by atoms with Crippen molar-refractivity contribution in [1.82, 2.24) is 0 Å². The fraction of sp³-hybridized carbons (Fsp3) is 0.259. The first-order valence-corrected chi connectivity index (χ1v) is 11.0. The van der Waals surface area contributed by atoms with Gasteiger partial charge in [0.1, 0.15) is 34.8 Å². The van der Waals surface area contributed by atoms with Gasteiger partial charge in [0.15, 0.2) is 0 Å². The van der Waals surface area contributed by atoms with Crippen molar-refractivity contribution >= 4 is 23.1 Å². The zero-order valence-corrected chi connectivity index (χ0v) is 19.8. The molecule has 1 N–H and O–H groups in total. The van der Waals surface area contributed by atoms with E-state index in [4.69, 9.17) is 13.9 Å². The van der Waals surface area contributed by atoms with Crippen molar-refractivity contribution in [3.05, 3.63) is 82.3 Å². The molecule has 1 aromatic heterocycles. The number of anilines is 1. The van der Waals surface area contributed by atoms with Crippen LogP contribution in [0, 0.1) is 20.8 Å². The average Bonchev–Trinajstić information content (AvgIpc) is 3.34. The molecule has 1 aliphatic heterocycles. The van der Waals surface area contributed by atoms with Gasteiger partial charge in [0.25, 0.3) is 11.7 Å². The van der Waals surface area contributed by atoms with Crippen molar-refractivity contribution in [3.8, 4) is 11.5 Å². The highest BCUT2D eigenvalue weighted by atomic mass is 16.5. The van der Waals surface area contributed by atoms with Gasteiger partial charge in [-0.25, -0.2) is 0 Å². The lowest BCUT2D eigenvalue weighted by Crippen LogP contribution is -2.29. The Morgan fingerprint density at radius 1 is 1.06 bits per heavy atom. The Bertz CT molecular complexity index is 1280. The van der Waals surface area contributed by atoms with Crippen molar-refractivity contribution in [3.63, 3.8) is 0 Å². The van der Waals surface area contributed by atoms with E-state index in [0.717, 1.165) is 11.1 Å². The van der Waals surface area contributed by atoms with E-state index in [1.807, 2.05) is 26.8 Å². The lowest BCUT2D eigenvalue weighted by atomic mass is 9.96. The summed E-state index contributed by atoms with van der Waals surface area (Å²) in [6.45, 7) is 7.91. The Kier molecular flexibility index (Phi) is 6.20. The highest BCUT2D eigenvalue weighted by Crippen LogP contribution is 2.44. The molecule has 4 rings (SSSR count). The first-order chi connectivity index (χ1) is 16.3. The molecule has 1 unspecified atom stereocenters. The van der Waals surface area contributed by atoms with E-state index in [1.54, 1.807) is 49.4 Å². The van der Waals surface area contributed by atoms with E-state index in [-0.39, 0.29) is 11.3 Å². The topological polar surface area (TPSA) is 89.2 Å². The van der Waals surface area contributed by atoms with E-state index in [0.29, 0.717) is 40.9 Å². The standard InChI is InChI=1S/C27H27NO6/c1-6-33-19-10-8-18(9-11-19)28-23(21-12-7-17(4)34-21)22(25(30)27(28)31)24(29)20-14-15(2)13-16(3)26(20)32-5/h7-14,23,29H,6H2,1-5H3/b24-22+. The minimum Gasteiger partial charge on any atom is -0.507 e. The molecule has 1 atom stereocenters. The largest absolute Gasteiger partial charge is 0.507 e. The number of hydrogen-bond donors (Lipinski definition) is 1. The summed E-state index contributed by atoms with van der Waals surface area (Å²) < 4.78 is 16.9. The molecule has 7 nitrogen and oxygen atoms in total. The van der Waals surface area contributed by atoms with Gasteiger partial charge in [-0.1, -0.05) is 6.07 Å². The number of carbonyl (C=O) groups is 2. The predicted octanol–water partition coefficient (Wildman–Crippen LogP) is 5.24. The van der Waals surface area contributed by atoms with Crippen LogP contribution in [0.2, 0.25) is 0 Å². The average molecular weight is 462 g/mol. The van der Waals surface area contributed by atoms with Gasteiger partial charge < -0.3 is 19.0 Å². The molecule has 2 aromatic carbocycles. The maximum atomic E-state index is 13.3. The highest BCUT2D eigenvalue weighted by molar-refractivity contribution is 6.51. The number of rotatable bonds is 6. The summed E-state index contributed by atoms with van der Waals surface area (Å²) in [7, 11) is 1.50. The number of aryl methyl sites for hydroxylation is 3. The normalized spacial score (nSPS) is 17.3. The molecule has 0 radical (unpaired) electrons. The third kappa shape index (κ3) is 3.94. The van der Waals surface area contributed by atoms with Gasteiger partial charge in [-0.3, -0.25) is 14.5 Å². The van der Waals surface area contributed by atoms with Crippen molar-refractivity contribution in [1.29, 1.82) is 0 Å². The summed E-state index contributed by atoms with van der Waals surface area (Å²) in [5.74, 6) is 0.207. The third-order valence-corrected chi connectivity index (χ3v) is 5.78. The highest BCUT2D eigenvalue weighted by Gasteiger charge is 2.48. The monoisotopic (exact) mass is 461 g/mol. The third-order valence-electron chi connectivity index (χ3n) is 5.78. The lowest BCUT2D eigenvalue weighted by molar-refractivity contribution is -0.132. The van der Waals surface area contributed by atoms with Crippen molar-refractivity contribution in [2.75, 3.05) is 18.6 Å². The zero-order chi connectivity index (χ0) is 24.6. The van der Waals surface area contributed by atoms with Crippen LogP contribution in [-0.4, -0.2) is 30.5 Å². The molecule has 34 heavy (non-hydrogen) atoms. The number of amides is 1. The van der Waals surface area contributed by atoms with Gasteiger partial charge in [-0.15, -0.1) is 0 Å². The van der Waals surface area contributed by atoms with Crippen LogP contribution in [0.1, 0.15) is 41.2 Å². The van der Waals surface area contributed by atoms with Gasteiger partial charge in [-0.2, -0.15) is 0 Å². The smallest absolute Gasteiger partial charge is 0.300 e. The number of ketones is 1. The SMILES string of the molecule is CCOc1ccc(N2C(=O)C(=O)/C(=C(/O)c3cc(C)cc(C)c3OC)C2c2ccc(C)o2)cc1. The number of carbonyl (C=O) groups excluding carboxylic acids is 2. The maximum absolute atomic E-state index is 13.3. The van der Waals surface area contributed by atoms with Gasteiger partial charge in [0.05, 0.1) is 24.9 Å². The second-order valence-corrected chi connectivity index (χ2v) is 8.21. The molecule has 3 aromatic rings. The van der Waals surface area contributed by atoms with Gasteiger partial charge in [-0.05, 0) is 81.3 Å². The van der Waals surface area contributed by atoms with Gasteiger partial charge in [0, 0.05) is 5.69 Å². The number of hydrogen-bond acceptors (Lipinski definition) is 6. The Morgan fingerprint density at radius 3 is 2.35 bits per heavy atom. The zero-order valence-electron chi connectivity index (χ0n) is 19.8. The minimum absolute atomic E-state index is 0.0588. The number of ether oxygens (including phenoxy) is 2. The quantitative estimate of drug-likeness (QED) is 0.307. The molecule has 7 heteroatoms. The first-order valence-electron chi connectivity index (χ1n) is 11.0. The number of methoxy groups -OCH3 is 1. The van der Waals surface area contributed by atoms with Crippen LogP contribution >= 0.6 is 0 Å².